The Hall–Kier alpha value is -0.830. The number of hydrogen-bond acceptors (Lipinski definition) is 3. The zero-order chi connectivity index (χ0) is 12.4. The van der Waals surface area contributed by atoms with Gasteiger partial charge in [0.1, 0.15) is 6.10 Å². The molecule has 1 heterocycles. The molecule has 3 saturated carbocycles. The van der Waals surface area contributed by atoms with Gasteiger partial charge in [0.05, 0.1) is 12.2 Å². The second kappa shape index (κ2) is 3.60. The Morgan fingerprint density at radius 3 is 2.78 bits per heavy atom. The van der Waals surface area contributed by atoms with Crippen LogP contribution >= 0.6 is 0 Å². The first kappa shape index (κ1) is 11.0. The number of epoxide rings is 1. The summed E-state index contributed by atoms with van der Waals surface area (Å²) < 4.78 is 11.3. The Kier molecular flexibility index (Phi) is 2.20. The average Bonchev–Trinajstić information content (AvgIpc) is 2.91. The van der Waals surface area contributed by atoms with E-state index < -0.39 is 0 Å². The molecule has 0 aromatic heterocycles. The molecule has 3 aliphatic carbocycles. The number of ether oxygens (including phenoxy) is 2. The lowest BCUT2D eigenvalue weighted by Crippen LogP contribution is -2.28. The lowest BCUT2D eigenvalue weighted by molar-refractivity contribution is -0.146. The van der Waals surface area contributed by atoms with Crippen molar-refractivity contribution in [1.29, 1.82) is 0 Å². The number of fused-ring (bicyclic) bond motifs is 7. The van der Waals surface area contributed by atoms with Crippen LogP contribution in [0.3, 0.4) is 0 Å². The van der Waals surface area contributed by atoms with Gasteiger partial charge in [-0.2, -0.15) is 0 Å². The van der Waals surface area contributed by atoms with Gasteiger partial charge in [0.15, 0.2) is 0 Å². The maximum Gasteiger partial charge on any atom is 0.333 e. The fraction of sp³-hybridized carbons (Fsp3) is 0.800. The van der Waals surface area contributed by atoms with E-state index in [0.29, 0.717) is 17.8 Å². The Bertz CT molecular complexity index is 416. The van der Waals surface area contributed by atoms with Crippen molar-refractivity contribution >= 4 is 5.97 Å². The third-order valence-corrected chi connectivity index (χ3v) is 5.51. The van der Waals surface area contributed by atoms with Crippen LogP contribution in [0.15, 0.2) is 12.2 Å². The van der Waals surface area contributed by atoms with Crippen molar-refractivity contribution in [3.63, 3.8) is 0 Å². The summed E-state index contributed by atoms with van der Waals surface area (Å²) in [5.41, 5.74) is 0.513. The second-order valence-electron chi connectivity index (χ2n) is 6.65. The van der Waals surface area contributed by atoms with Crippen molar-refractivity contribution in [2.45, 2.75) is 50.9 Å². The highest BCUT2D eigenvalue weighted by Crippen LogP contribution is 2.62. The minimum Gasteiger partial charge on any atom is -0.459 e. The van der Waals surface area contributed by atoms with Crippen LogP contribution in [0.5, 0.6) is 0 Å². The summed E-state index contributed by atoms with van der Waals surface area (Å²) in [6.45, 7) is 5.38. The summed E-state index contributed by atoms with van der Waals surface area (Å²) in [7, 11) is 0. The van der Waals surface area contributed by atoms with Gasteiger partial charge in [0.2, 0.25) is 0 Å². The van der Waals surface area contributed by atoms with E-state index in [1.165, 1.54) is 12.8 Å². The predicted octanol–water partition coefficient (Wildman–Crippen LogP) is 2.31. The Morgan fingerprint density at radius 2 is 2.00 bits per heavy atom. The summed E-state index contributed by atoms with van der Waals surface area (Å²) in [6, 6.07) is 0. The van der Waals surface area contributed by atoms with Gasteiger partial charge < -0.3 is 9.47 Å². The van der Waals surface area contributed by atoms with Crippen molar-refractivity contribution in [2.24, 2.45) is 23.7 Å². The number of rotatable bonds is 2. The van der Waals surface area contributed by atoms with Gasteiger partial charge in [-0.3, -0.25) is 0 Å². The van der Waals surface area contributed by atoms with Crippen LogP contribution in [0, 0.1) is 23.7 Å². The van der Waals surface area contributed by atoms with Crippen LogP contribution < -0.4 is 0 Å². The molecular weight excluding hydrogens is 228 g/mol. The van der Waals surface area contributed by atoms with E-state index in [0.717, 1.165) is 36.5 Å². The van der Waals surface area contributed by atoms with E-state index in [9.17, 15) is 4.79 Å². The van der Waals surface area contributed by atoms with Gasteiger partial charge in [0, 0.05) is 5.57 Å². The third kappa shape index (κ3) is 1.49. The molecule has 7 atom stereocenters. The van der Waals surface area contributed by atoms with Crippen LogP contribution in [0.4, 0.5) is 0 Å². The molecule has 3 nitrogen and oxygen atoms in total. The lowest BCUT2D eigenvalue weighted by atomic mass is 9.83. The molecule has 0 N–H and O–H groups in total. The zero-order valence-electron chi connectivity index (χ0n) is 10.8. The molecule has 0 spiro atoms. The second-order valence-corrected chi connectivity index (χ2v) is 6.65. The van der Waals surface area contributed by atoms with Crippen molar-refractivity contribution in [3.05, 3.63) is 12.2 Å². The van der Waals surface area contributed by atoms with E-state index in [1.54, 1.807) is 6.92 Å². The zero-order valence-corrected chi connectivity index (χ0v) is 10.8. The standard InChI is InChI=1S/C15H20O3/c1-7(2)15(16)17-10-4-8-3-9(5-10)13-11(8)6-12-14(13)18-12/h8-14H,1,3-6H2,2H3. The van der Waals surface area contributed by atoms with Gasteiger partial charge >= 0.3 is 5.97 Å². The first-order chi connectivity index (χ1) is 8.63. The Morgan fingerprint density at radius 1 is 1.22 bits per heavy atom. The summed E-state index contributed by atoms with van der Waals surface area (Å²) in [4.78, 5) is 11.6. The first-order valence-electron chi connectivity index (χ1n) is 7.15. The van der Waals surface area contributed by atoms with Gasteiger partial charge in [-0.1, -0.05) is 6.58 Å². The molecule has 7 unspecified atom stereocenters. The molecule has 0 radical (unpaired) electrons. The van der Waals surface area contributed by atoms with Crippen LogP contribution in [0.2, 0.25) is 0 Å². The molecule has 0 aromatic rings. The van der Waals surface area contributed by atoms with Crippen LogP contribution in [-0.2, 0) is 14.3 Å². The van der Waals surface area contributed by atoms with Gasteiger partial charge in [-0.25, -0.2) is 4.79 Å². The molecule has 4 aliphatic rings. The Labute approximate surface area is 108 Å². The van der Waals surface area contributed by atoms with E-state index in [1.807, 2.05) is 0 Å². The molecule has 0 aromatic carbocycles. The number of hydrogen-bond donors (Lipinski definition) is 0. The number of carbonyl (C=O) groups excluding carboxylic acids is 1. The van der Waals surface area contributed by atoms with Crippen molar-refractivity contribution in [3.8, 4) is 0 Å². The number of carbonyl (C=O) groups is 1. The molecule has 4 fully saturated rings. The highest BCUT2D eigenvalue weighted by atomic mass is 16.6. The minimum absolute atomic E-state index is 0.126. The van der Waals surface area contributed by atoms with Crippen molar-refractivity contribution in [1.82, 2.24) is 0 Å². The highest BCUT2D eigenvalue weighted by Gasteiger charge is 2.64. The molecule has 2 bridgehead atoms. The van der Waals surface area contributed by atoms with Crippen molar-refractivity contribution < 1.29 is 14.3 Å². The number of esters is 1. The van der Waals surface area contributed by atoms with E-state index in [-0.39, 0.29) is 12.1 Å². The van der Waals surface area contributed by atoms with Gasteiger partial charge in [-0.15, -0.1) is 0 Å². The highest BCUT2D eigenvalue weighted by molar-refractivity contribution is 5.87. The first-order valence-corrected chi connectivity index (χ1v) is 7.15. The van der Waals surface area contributed by atoms with Gasteiger partial charge in [0.25, 0.3) is 0 Å². The Balaban J connectivity index is 1.46. The molecule has 4 rings (SSSR count). The quantitative estimate of drug-likeness (QED) is 0.427. The van der Waals surface area contributed by atoms with E-state index in [2.05, 4.69) is 6.58 Å². The maximum absolute atomic E-state index is 11.6. The van der Waals surface area contributed by atoms with Crippen molar-refractivity contribution in [2.75, 3.05) is 0 Å². The summed E-state index contributed by atoms with van der Waals surface area (Å²) in [5, 5.41) is 0. The smallest absolute Gasteiger partial charge is 0.333 e. The summed E-state index contributed by atoms with van der Waals surface area (Å²) in [6.07, 6.45) is 5.97. The molecule has 1 saturated heterocycles. The predicted molar refractivity (Wildman–Crippen MR) is 65.8 cm³/mol. The van der Waals surface area contributed by atoms with E-state index >= 15 is 0 Å². The fourth-order valence-electron chi connectivity index (χ4n) is 4.84. The molecule has 18 heavy (non-hydrogen) atoms. The fourth-order valence-corrected chi connectivity index (χ4v) is 4.84. The largest absolute Gasteiger partial charge is 0.459 e. The third-order valence-electron chi connectivity index (χ3n) is 5.51. The maximum atomic E-state index is 11.6. The normalized spacial score (nSPS) is 51.5. The molecule has 0 amide bonds. The summed E-state index contributed by atoms with van der Waals surface area (Å²) >= 11 is 0. The monoisotopic (exact) mass is 248 g/mol. The van der Waals surface area contributed by atoms with Crippen LogP contribution in [-0.4, -0.2) is 24.3 Å². The minimum atomic E-state index is -0.216. The van der Waals surface area contributed by atoms with Crippen LogP contribution in [0.1, 0.15) is 32.6 Å². The van der Waals surface area contributed by atoms with E-state index in [4.69, 9.17) is 9.47 Å². The SMILES string of the molecule is C=C(C)C(=O)OC1CC2CC(C1)C1C2CC2OC21. The molecule has 98 valence electrons. The molecular formula is C15H20O3. The molecule has 3 heteroatoms. The van der Waals surface area contributed by atoms with Crippen LogP contribution in [0.25, 0.3) is 0 Å². The molecule has 1 aliphatic heterocycles. The lowest BCUT2D eigenvalue weighted by Gasteiger charge is -2.29. The van der Waals surface area contributed by atoms with Gasteiger partial charge in [-0.05, 0) is 56.3 Å². The topological polar surface area (TPSA) is 38.8 Å². The summed E-state index contributed by atoms with van der Waals surface area (Å²) in [5.74, 6) is 2.91. The average molecular weight is 248 g/mol.